The third-order valence-corrected chi connectivity index (χ3v) is 8.05. The number of hydrogen-bond donors (Lipinski definition) is 2. The van der Waals surface area contributed by atoms with Crippen LogP contribution >= 0.6 is 0 Å². The highest BCUT2D eigenvalue weighted by atomic mass is 19.3. The lowest BCUT2D eigenvalue weighted by Crippen LogP contribution is -2.50. The molecule has 220 valence electrons. The van der Waals surface area contributed by atoms with Crippen LogP contribution in [0, 0.1) is 0 Å². The summed E-state index contributed by atoms with van der Waals surface area (Å²) in [5, 5.41) is 3.29. The van der Waals surface area contributed by atoms with E-state index in [4.69, 9.17) is 0 Å². The standard InChI is InChI=1S/C30H35F2N9O/c1-20(39-11-13-41(14-12-39)28(42)18-30(2,31)32)21-7-8-33-26(16-21)38-29-36-23-6-5-22(15-25(23)37-29)24-17-27(35-19-34-24)40-9-3-4-10-40/h5-8,15-17,19-20H,3-4,9-14,18H2,1-2H3,(H2,33,36,37,38). The van der Waals surface area contributed by atoms with Crippen LogP contribution < -0.4 is 10.2 Å². The van der Waals surface area contributed by atoms with Crippen LogP contribution in [0.2, 0.25) is 0 Å². The van der Waals surface area contributed by atoms with Gasteiger partial charge in [0.2, 0.25) is 11.9 Å². The third-order valence-electron chi connectivity index (χ3n) is 8.05. The van der Waals surface area contributed by atoms with Crippen LogP contribution in [-0.4, -0.2) is 85.8 Å². The number of amides is 1. The Morgan fingerprint density at radius 1 is 1.02 bits per heavy atom. The van der Waals surface area contributed by atoms with Crippen LogP contribution in [0.1, 0.15) is 44.7 Å². The summed E-state index contributed by atoms with van der Waals surface area (Å²) in [6.45, 7) is 7.04. The van der Waals surface area contributed by atoms with E-state index in [0.717, 1.165) is 53.7 Å². The van der Waals surface area contributed by atoms with Gasteiger partial charge < -0.3 is 20.1 Å². The minimum atomic E-state index is -2.99. The number of alkyl halides is 2. The number of piperazine rings is 1. The van der Waals surface area contributed by atoms with Crippen molar-refractivity contribution in [2.24, 2.45) is 0 Å². The molecule has 5 heterocycles. The quantitative estimate of drug-likeness (QED) is 0.302. The average molecular weight is 576 g/mol. The number of pyridine rings is 1. The van der Waals surface area contributed by atoms with E-state index in [1.807, 2.05) is 36.4 Å². The maximum absolute atomic E-state index is 13.3. The summed E-state index contributed by atoms with van der Waals surface area (Å²) in [6, 6.07) is 12.1. The van der Waals surface area contributed by atoms with Crippen LogP contribution in [-0.2, 0) is 4.79 Å². The van der Waals surface area contributed by atoms with Crippen molar-refractivity contribution in [3.8, 4) is 11.3 Å². The number of benzene rings is 1. The Hall–Kier alpha value is -4.19. The molecule has 0 saturated carbocycles. The molecule has 2 aliphatic rings. The Morgan fingerprint density at radius 3 is 2.57 bits per heavy atom. The summed E-state index contributed by atoms with van der Waals surface area (Å²) in [5.41, 5.74) is 4.62. The third kappa shape index (κ3) is 6.33. The van der Waals surface area contributed by atoms with E-state index in [1.54, 1.807) is 12.5 Å². The summed E-state index contributed by atoms with van der Waals surface area (Å²) in [6.07, 6.45) is 5.02. The van der Waals surface area contributed by atoms with Gasteiger partial charge in [-0.3, -0.25) is 9.69 Å². The monoisotopic (exact) mass is 575 g/mol. The predicted molar refractivity (Wildman–Crippen MR) is 158 cm³/mol. The van der Waals surface area contributed by atoms with E-state index in [2.05, 4.69) is 47.0 Å². The lowest BCUT2D eigenvalue weighted by molar-refractivity contribution is -0.139. The highest BCUT2D eigenvalue weighted by molar-refractivity contribution is 5.83. The molecule has 0 radical (unpaired) electrons. The number of fused-ring (bicyclic) bond motifs is 1. The Bertz CT molecular complexity index is 1560. The van der Waals surface area contributed by atoms with Crippen molar-refractivity contribution in [3.05, 3.63) is 54.5 Å². The van der Waals surface area contributed by atoms with Gasteiger partial charge in [-0.05, 0) is 56.5 Å². The summed E-state index contributed by atoms with van der Waals surface area (Å²) in [4.78, 5) is 39.8. The van der Waals surface area contributed by atoms with E-state index in [0.29, 0.717) is 37.9 Å². The Kier molecular flexibility index (Phi) is 7.72. The van der Waals surface area contributed by atoms with Crippen molar-refractivity contribution in [2.75, 3.05) is 49.5 Å². The second kappa shape index (κ2) is 11.6. The molecule has 3 aromatic heterocycles. The molecule has 2 saturated heterocycles. The lowest BCUT2D eigenvalue weighted by Gasteiger charge is -2.38. The zero-order valence-electron chi connectivity index (χ0n) is 23.9. The van der Waals surface area contributed by atoms with E-state index in [9.17, 15) is 13.6 Å². The molecule has 1 amide bonds. The SMILES string of the molecule is CC(c1ccnc(Nc2nc3ccc(-c4cc(N5CCCC5)ncn4)cc3[nH]2)c1)N1CCN(C(=O)CC(C)(F)F)CC1. The molecule has 10 nitrogen and oxygen atoms in total. The van der Waals surface area contributed by atoms with Gasteiger partial charge in [0.1, 0.15) is 18.0 Å². The van der Waals surface area contributed by atoms with E-state index in [1.165, 1.54) is 17.7 Å². The van der Waals surface area contributed by atoms with Gasteiger partial charge >= 0.3 is 0 Å². The van der Waals surface area contributed by atoms with Crippen molar-refractivity contribution >= 4 is 34.5 Å². The van der Waals surface area contributed by atoms with E-state index >= 15 is 0 Å². The minimum absolute atomic E-state index is 0.0648. The maximum atomic E-state index is 13.3. The van der Waals surface area contributed by atoms with Gasteiger partial charge in [-0.2, -0.15) is 0 Å². The molecule has 2 N–H and O–H groups in total. The number of hydrogen-bond acceptors (Lipinski definition) is 8. The number of rotatable bonds is 8. The number of nitrogens with one attached hydrogen (secondary N) is 2. The maximum Gasteiger partial charge on any atom is 0.254 e. The van der Waals surface area contributed by atoms with Crippen LogP contribution in [0.15, 0.2) is 48.9 Å². The zero-order chi connectivity index (χ0) is 29.3. The summed E-state index contributed by atoms with van der Waals surface area (Å²) < 4.78 is 26.6. The van der Waals surface area contributed by atoms with Gasteiger partial charge in [0.15, 0.2) is 0 Å². The van der Waals surface area contributed by atoms with Gasteiger partial charge in [0.05, 0.1) is 23.1 Å². The van der Waals surface area contributed by atoms with Crippen molar-refractivity contribution in [1.29, 1.82) is 0 Å². The normalized spacial score (nSPS) is 17.1. The molecule has 2 fully saturated rings. The second-order valence-corrected chi connectivity index (χ2v) is 11.2. The number of aromatic amines is 1. The predicted octanol–water partition coefficient (Wildman–Crippen LogP) is 5.01. The summed E-state index contributed by atoms with van der Waals surface area (Å²) in [5.74, 6) is -1.28. The molecular formula is C30H35F2N9O. The molecular weight excluding hydrogens is 540 g/mol. The summed E-state index contributed by atoms with van der Waals surface area (Å²) >= 11 is 0. The molecule has 0 aliphatic carbocycles. The van der Waals surface area contributed by atoms with Crippen LogP contribution in [0.5, 0.6) is 0 Å². The Morgan fingerprint density at radius 2 is 1.81 bits per heavy atom. The molecule has 1 atom stereocenters. The molecule has 42 heavy (non-hydrogen) atoms. The van der Waals surface area contributed by atoms with Crippen molar-refractivity contribution in [1.82, 2.24) is 34.7 Å². The first kappa shape index (κ1) is 28.0. The number of aromatic nitrogens is 5. The Balaban J connectivity index is 1.11. The number of halogens is 2. The first-order valence-corrected chi connectivity index (χ1v) is 14.4. The van der Waals surface area contributed by atoms with Crippen molar-refractivity contribution in [2.45, 2.75) is 45.1 Å². The van der Waals surface area contributed by atoms with Gasteiger partial charge in [-0.15, -0.1) is 0 Å². The van der Waals surface area contributed by atoms with Crippen LogP contribution in [0.4, 0.5) is 26.4 Å². The fourth-order valence-corrected chi connectivity index (χ4v) is 5.70. The molecule has 4 aromatic rings. The molecule has 1 aromatic carbocycles. The van der Waals surface area contributed by atoms with Gasteiger partial charge in [-0.1, -0.05) is 6.07 Å². The molecule has 0 spiro atoms. The number of carbonyl (C=O) groups excluding carboxylic acids is 1. The molecule has 0 bridgehead atoms. The number of H-pyrrole nitrogens is 1. The van der Waals surface area contributed by atoms with Gasteiger partial charge in [-0.25, -0.2) is 28.7 Å². The van der Waals surface area contributed by atoms with E-state index < -0.39 is 18.3 Å². The molecule has 6 rings (SSSR count). The van der Waals surface area contributed by atoms with Gasteiger partial charge in [0, 0.05) is 63.1 Å². The molecule has 1 unspecified atom stereocenters. The largest absolute Gasteiger partial charge is 0.357 e. The lowest BCUT2D eigenvalue weighted by atomic mass is 10.1. The number of carbonyl (C=O) groups is 1. The van der Waals surface area contributed by atoms with Crippen LogP contribution in [0.3, 0.4) is 0 Å². The van der Waals surface area contributed by atoms with Gasteiger partial charge in [0.25, 0.3) is 5.92 Å². The Labute approximate surface area is 243 Å². The van der Waals surface area contributed by atoms with Crippen molar-refractivity contribution < 1.29 is 13.6 Å². The smallest absolute Gasteiger partial charge is 0.254 e. The van der Waals surface area contributed by atoms with Crippen molar-refractivity contribution in [3.63, 3.8) is 0 Å². The molecule has 2 aliphatic heterocycles. The highest BCUT2D eigenvalue weighted by Gasteiger charge is 2.31. The number of nitrogens with zero attached hydrogens (tertiary/aromatic N) is 7. The van der Waals surface area contributed by atoms with Crippen LogP contribution in [0.25, 0.3) is 22.3 Å². The topological polar surface area (TPSA) is 106 Å². The first-order valence-electron chi connectivity index (χ1n) is 14.4. The second-order valence-electron chi connectivity index (χ2n) is 11.2. The summed E-state index contributed by atoms with van der Waals surface area (Å²) in [7, 11) is 0. The number of anilines is 3. The number of imidazole rings is 1. The first-order chi connectivity index (χ1) is 20.2. The van der Waals surface area contributed by atoms with E-state index in [-0.39, 0.29) is 6.04 Å². The zero-order valence-corrected chi connectivity index (χ0v) is 23.9. The fourth-order valence-electron chi connectivity index (χ4n) is 5.70. The fraction of sp³-hybridized carbons (Fsp3) is 0.433. The minimum Gasteiger partial charge on any atom is -0.357 e. The molecule has 12 heteroatoms. The average Bonchev–Trinajstić information content (AvgIpc) is 3.66. The highest BCUT2D eigenvalue weighted by Crippen LogP contribution is 2.28.